The van der Waals surface area contributed by atoms with Crippen LogP contribution < -0.4 is 20.7 Å². The molecule has 0 aliphatic carbocycles. The Kier molecular flexibility index (Phi) is 13.5. The molecule has 2 N–H and O–H groups in total. The van der Waals surface area contributed by atoms with Gasteiger partial charge in [-0.3, -0.25) is 14.3 Å². The summed E-state index contributed by atoms with van der Waals surface area (Å²) >= 11 is 0. The number of nitriles is 1. The van der Waals surface area contributed by atoms with E-state index in [0.29, 0.717) is 32.8 Å². The van der Waals surface area contributed by atoms with Crippen LogP contribution in [-0.4, -0.2) is 76.6 Å². The van der Waals surface area contributed by atoms with E-state index >= 15 is 13.2 Å². The van der Waals surface area contributed by atoms with Crippen LogP contribution in [0.5, 0.6) is 11.5 Å². The van der Waals surface area contributed by atoms with Crippen molar-refractivity contribution in [2.24, 2.45) is 5.92 Å². The van der Waals surface area contributed by atoms with E-state index in [1.165, 1.54) is 14.2 Å². The predicted octanol–water partition coefficient (Wildman–Crippen LogP) is 6.81. The van der Waals surface area contributed by atoms with Crippen LogP contribution >= 0.6 is 7.87 Å². The predicted molar refractivity (Wildman–Crippen MR) is 204 cm³/mol. The molecule has 12 nitrogen and oxygen atoms in total. The summed E-state index contributed by atoms with van der Waals surface area (Å²) in [6, 6.07) is 25.3. The molecular formula is C40H47F3N4O8P+. The van der Waals surface area contributed by atoms with Crippen molar-refractivity contribution in [1.29, 1.82) is 5.26 Å². The van der Waals surface area contributed by atoms with E-state index < -0.39 is 73.9 Å². The summed E-state index contributed by atoms with van der Waals surface area (Å²) in [4.78, 5) is 39.5. The Morgan fingerprint density at radius 1 is 0.893 bits per heavy atom. The van der Waals surface area contributed by atoms with Crippen LogP contribution in [0.1, 0.15) is 57.0 Å². The molecule has 1 fully saturated rings. The fraction of sp³-hybridized carbons (Fsp3) is 0.425. The first kappa shape index (κ1) is 42.6. The second-order valence-electron chi connectivity index (χ2n) is 13.9. The Morgan fingerprint density at radius 2 is 1.43 bits per heavy atom. The minimum atomic E-state index is -5.07. The highest BCUT2D eigenvalue weighted by atomic mass is 31.2. The molecule has 1 aliphatic rings. The van der Waals surface area contributed by atoms with Crippen LogP contribution in [0.4, 0.5) is 13.2 Å². The highest BCUT2D eigenvalue weighted by molar-refractivity contribution is 7.63. The van der Waals surface area contributed by atoms with E-state index in [0.717, 1.165) is 12.3 Å². The SMILES string of the molecule is COc1ccc(C(OC[C@H]2O[C@@H](n3ccc(=O)[nH]c3=O)[C@H](C(F)(F)F)[C@@H]2O[P+](O)(CCC#N)N(C(C)C)C(C)C)(c2ccccc2)c2ccc(OC)cc2)cc1. The lowest BCUT2D eigenvalue weighted by atomic mass is 9.80. The Balaban J connectivity index is 1.72. The molecular weight excluding hydrogens is 752 g/mol. The topological polar surface area (TPSA) is 148 Å². The Bertz CT molecular complexity index is 2000. The van der Waals surface area contributed by atoms with Crippen molar-refractivity contribution < 1.29 is 41.5 Å². The number of aromatic nitrogens is 2. The molecule has 1 aliphatic heterocycles. The molecule has 1 unspecified atom stereocenters. The Morgan fingerprint density at radius 3 is 1.89 bits per heavy atom. The first-order chi connectivity index (χ1) is 26.6. The second kappa shape index (κ2) is 17.7. The van der Waals surface area contributed by atoms with Crippen molar-refractivity contribution in [3.8, 4) is 17.6 Å². The second-order valence-corrected chi connectivity index (χ2v) is 16.3. The lowest BCUT2D eigenvalue weighted by Gasteiger charge is -2.39. The van der Waals surface area contributed by atoms with Gasteiger partial charge in [0.2, 0.25) is 0 Å². The summed E-state index contributed by atoms with van der Waals surface area (Å²) in [5.74, 6) is -1.43. The van der Waals surface area contributed by atoms with Crippen molar-refractivity contribution >= 4 is 7.87 Å². The lowest BCUT2D eigenvalue weighted by molar-refractivity contribution is -0.210. The van der Waals surface area contributed by atoms with Crippen LogP contribution in [-0.2, 0) is 19.6 Å². The van der Waals surface area contributed by atoms with Crippen LogP contribution in [0.2, 0.25) is 0 Å². The molecule has 16 heteroatoms. The first-order valence-corrected chi connectivity index (χ1v) is 19.9. The number of benzene rings is 3. The molecule has 0 amide bonds. The zero-order valence-electron chi connectivity index (χ0n) is 32.0. The van der Waals surface area contributed by atoms with Gasteiger partial charge in [0.15, 0.2) is 12.3 Å². The summed E-state index contributed by atoms with van der Waals surface area (Å²) < 4.78 is 79.3. The lowest BCUT2D eigenvalue weighted by Crippen LogP contribution is -2.46. The van der Waals surface area contributed by atoms with E-state index in [1.54, 1.807) is 80.9 Å². The molecule has 1 aromatic heterocycles. The molecule has 5 atom stereocenters. The number of hydrogen-bond acceptors (Lipinski definition) is 10. The molecule has 3 aromatic carbocycles. The number of alkyl halides is 3. The minimum absolute atomic E-state index is 0.208. The number of H-pyrrole nitrogens is 1. The third-order valence-corrected chi connectivity index (χ3v) is 12.7. The number of nitrogens with zero attached hydrogens (tertiary/aromatic N) is 3. The van der Waals surface area contributed by atoms with Gasteiger partial charge in [0, 0.05) is 24.3 Å². The fourth-order valence-corrected chi connectivity index (χ4v) is 10.4. The van der Waals surface area contributed by atoms with Crippen LogP contribution in [0.25, 0.3) is 0 Å². The summed E-state index contributed by atoms with van der Waals surface area (Å²) in [6.45, 7) is 6.53. The van der Waals surface area contributed by atoms with Crippen LogP contribution in [0, 0.1) is 17.2 Å². The fourth-order valence-electron chi connectivity index (χ4n) is 7.43. The van der Waals surface area contributed by atoms with Gasteiger partial charge >= 0.3 is 19.7 Å². The Labute approximate surface area is 323 Å². The Hall–Kier alpha value is -4.55. The van der Waals surface area contributed by atoms with Crippen LogP contribution in [0.3, 0.4) is 0 Å². The molecule has 2 heterocycles. The number of halogens is 3. The maximum Gasteiger partial charge on any atom is 0.398 e. The normalized spacial score (nSPS) is 19.9. The molecule has 300 valence electrons. The minimum Gasteiger partial charge on any atom is -0.497 e. The summed E-state index contributed by atoms with van der Waals surface area (Å²) in [6.07, 6.45) is -10.2. The summed E-state index contributed by atoms with van der Waals surface area (Å²) in [5.41, 5.74) is -1.62. The van der Waals surface area contributed by atoms with Gasteiger partial charge in [0.1, 0.15) is 35.3 Å². The standard InChI is InChI=1S/C40H46F3N4O8P/c1-26(2)47(27(3)4)56(50,24-10-22-44)55-36-33(54-37(35(36)40(41,42)43)46-23-21-34(48)45-38(46)49)25-53-39(28-11-8-7-9-12-28,29-13-17-31(51-5)18-14-29)30-15-19-32(52-6)20-16-30/h7-9,11-21,23,26-27,33,35-37,50H,10,24-25H2,1-6H3/p+1/t33-,35-,36-,37-,56?/m1/s1. The molecule has 0 saturated carbocycles. The summed E-state index contributed by atoms with van der Waals surface area (Å²) in [7, 11) is -0.942. The average molecular weight is 800 g/mol. The van der Waals surface area contributed by atoms with E-state index in [-0.39, 0.29) is 12.6 Å². The van der Waals surface area contributed by atoms with Crippen LogP contribution in [0.15, 0.2) is 101 Å². The van der Waals surface area contributed by atoms with Gasteiger partial charge in [-0.2, -0.15) is 23.0 Å². The molecule has 1 saturated heterocycles. The zero-order chi connectivity index (χ0) is 40.8. The van der Waals surface area contributed by atoms with Gasteiger partial charge in [-0.1, -0.05) is 54.6 Å². The van der Waals surface area contributed by atoms with Crippen molar-refractivity contribution in [2.75, 3.05) is 27.0 Å². The van der Waals surface area contributed by atoms with Crippen molar-refractivity contribution in [3.05, 3.63) is 129 Å². The molecule has 4 aromatic rings. The van der Waals surface area contributed by atoms with E-state index in [9.17, 15) is 19.7 Å². The van der Waals surface area contributed by atoms with E-state index in [2.05, 4.69) is 0 Å². The monoisotopic (exact) mass is 799 g/mol. The van der Waals surface area contributed by atoms with Gasteiger partial charge in [0.25, 0.3) is 5.56 Å². The van der Waals surface area contributed by atoms with Gasteiger partial charge in [-0.05, 0) is 68.7 Å². The van der Waals surface area contributed by atoms with E-state index in [4.69, 9.17) is 23.5 Å². The van der Waals surface area contributed by atoms with Gasteiger partial charge in [-0.25, -0.2) is 9.69 Å². The molecule has 56 heavy (non-hydrogen) atoms. The summed E-state index contributed by atoms with van der Waals surface area (Å²) in [5, 5.41) is 9.57. The number of aromatic amines is 1. The highest BCUT2D eigenvalue weighted by Gasteiger charge is 2.65. The average Bonchev–Trinajstić information content (AvgIpc) is 3.52. The third-order valence-electron chi connectivity index (χ3n) is 9.71. The number of hydrogen-bond donors (Lipinski definition) is 2. The quantitative estimate of drug-likeness (QED) is 0.0915. The maximum atomic E-state index is 15.5. The molecule has 5 rings (SSSR count). The van der Waals surface area contributed by atoms with E-state index in [1.807, 2.05) is 41.4 Å². The number of rotatable bonds is 16. The number of ether oxygens (including phenoxy) is 4. The largest absolute Gasteiger partial charge is 0.497 e. The number of nitrogens with one attached hydrogen (secondary N) is 1. The molecule has 0 radical (unpaired) electrons. The van der Waals surface area contributed by atoms with Crippen molar-refractivity contribution in [3.63, 3.8) is 0 Å². The van der Waals surface area contributed by atoms with Gasteiger partial charge in [0.05, 0.1) is 33.3 Å². The van der Waals surface area contributed by atoms with Gasteiger partial charge < -0.3 is 18.9 Å². The third kappa shape index (κ3) is 8.86. The smallest absolute Gasteiger partial charge is 0.398 e. The first-order valence-electron chi connectivity index (χ1n) is 18.1. The zero-order valence-corrected chi connectivity index (χ0v) is 32.9. The number of methoxy groups -OCH3 is 2. The van der Waals surface area contributed by atoms with Crippen molar-refractivity contribution in [2.45, 2.75) is 76.4 Å². The van der Waals surface area contributed by atoms with Gasteiger partial charge in [-0.15, -0.1) is 4.67 Å². The van der Waals surface area contributed by atoms with Crippen molar-refractivity contribution in [1.82, 2.24) is 14.2 Å². The molecule has 0 spiro atoms. The maximum absolute atomic E-state index is 15.5. The highest BCUT2D eigenvalue weighted by Crippen LogP contribution is 2.65. The molecule has 0 bridgehead atoms.